The summed E-state index contributed by atoms with van der Waals surface area (Å²) in [6.45, 7) is 0. The predicted octanol–water partition coefficient (Wildman–Crippen LogP) is 4.06. The largest absolute Gasteiger partial charge is 0.263 e. The van der Waals surface area contributed by atoms with Gasteiger partial charge in [-0.25, -0.2) is 0 Å². The number of para-hydroxylation sites is 1. The fourth-order valence-electron chi connectivity index (χ4n) is 1.90. The molecule has 0 spiro atoms. The molecule has 0 aliphatic rings. The van der Waals surface area contributed by atoms with Gasteiger partial charge in [-0.3, -0.25) is 9.97 Å². The molecule has 3 rings (SSSR count). The van der Waals surface area contributed by atoms with Crippen molar-refractivity contribution in [3.8, 4) is 11.1 Å². The molecule has 3 heteroatoms. The highest BCUT2D eigenvalue weighted by molar-refractivity contribution is 9.10. The van der Waals surface area contributed by atoms with Crippen molar-refractivity contribution >= 4 is 26.8 Å². The first-order chi connectivity index (χ1) is 8.34. The van der Waals surface area contributed by atoms with Crippen LogP contribution in [0.3, 0.4) is 0 Å². The maximum atomic E-state index is 4.44. The van der Waals surface area contributed by atoms with E-state index in [1.807, 2.05) is 24.5 Å². The van der Waals surface area contributed by atoms with E-state index in [1.165, 1.54) is 0 Å². The Morgan fingerprint density at radius 2 is 1.88 bits per heavy atom. The number of halogens is 1. The van der Waals surface area contributed by atoms with E-state index < -0.39 is 0 Å². The van der Waals surface area contributed by atoms with E-state index in [0.717, 1.165) is 26.5 Å². The Kier molecular flexibility index (Phi) is 2.61. The van der Waals surface area contributed by atoms with E-state index in [0.29, 0.717) is 0 Å². The van der Waals surface area contributed by atoms with E-state index in [4.69, 9.17) is 0 Å². The summed E-state index contributed by atoms with van der Waals surface area (Å²) < 4.78 is 0.975. The van der Waals surface area contributed by atoms with Gasteiger partial charge in [0.25, 0.3) is 0 Å². The van der Waals surface area contributed by atoms with Crippen molar-refractivity contribution in [1.29, 1.82) is 0 Å². The topological polar surface area (TPSA) is 25.8 Å². The number of benzene rings is 1. The van der Waals surface area contributed by atoms with Crippen LogP contribution in [0.15, 0.2) is 59.5 Å². The lowest BCUT2D eigenvalue weighted by Gasteiger charge is -2.05. The quantitative estimate of drug-likeness (QED) is 0.673. The predicted molar refractivity (Wildman–Crippen MR) is 72.7 cm³/mol. The van der Waals surface area contributed by atoms with Crippen LogP contribution < -0.4 is 0 Å². The van der Waals surface area contributed by atoms with Gasteiger partial charge in [0.15, 0.2) is 0 Å². The summed E-state index contributed by atoms with van der Waals surface area (Å²) in [6.07, 6.45) is 5.45. The zero-order valence-electron chi connectivity index (χ0n) is 8.97. The van der Waals surface area contributed by atoms with E-state index in [9.17, 15) is 0 Å². The zero-order valence-corrected chi connectivity index (χ0v) is 10.6. The second-order valence-corrected chi connectivity index (χ2v) is 4.69. The first-order valence-corrected chi connectivity index (χ1v) is 6.08. The third-order valence-electron chi connectivity index (χ3n) is 2.65. The fraction of sp³-hybridized carbons (Fsp3) is 0. The third-order valence-corrected chi connectivity index (χ3v) is 3.08. The average molecular weight is 285 g/mol. The van der Waals surface area contributed by atoms with Crippen LogP contribution in [0.2, 0.25) is 0 Å². The molecule has 17 heavy (non-hydrogen) atoms. The molecular formula is C14H9BrN2. The molecular weight excluding hydrogens is 276 g/mol. The summed E-state index contributed by atoms with van der Waals surface area (Å²) in [5.41, 5.74) is 3.19. The summed E-state index contributed by atoms with van der Waals surface area (Å²) in [6, 6.07) is 12.2. The van der Waals surface area contributed by atoms with Crippen molar-refractivity contribution in [2.45, 2.75) is 0 Å². The van der Waals surface area contributed by atoms with Gasteiger partial charge in [0.05, 0.1) is 5.52 Å². The average Bonchev–Trinajstić information content (AvgIpc) is 2.38. The Hall–Kier alpha value is -1.74. The lowest BCUT2D eigenvalue weighted by Crippen LogP contribution is -1.85. The van der Waals surface area contributed by atoms with Gasteiger partial charge in [-0.15, -0.1) is 0 Å². The van der Waals surface area contributed by atoms with E-state index >= 15 is 0 Å². The van der Waals surface area contributed by atoms with E-state index in [1.54, 1.807) is 6.20 Å². The van der Waals surface area contributed by atoms with Gasteiger partial charge < -0.3 is 0 Å². The molecule has 0 saturated heterocycles. The number of fused-ring (bicyclic) bond motifs is 1. The van der Waals surface area contributed by atoms with Gasteiger partial charge in [0, 0.05) is 39.6 Å². The van der Waals surface area contributed by atoms with Crippen molar-refractivity contribution in [3.63, 3.8) is 0 Å². The summed E-state index contributed by atoms with van der Waals surface area (Å²) in [7, 11) is 0. The van der Waals surface area contributed by atoms with Crippen LogP contribution in [-0.4, -0.2) is 9.97 Å². The van der Waals surface area contributed by atoms with E-state index in [-0.39, 0.29) is 0 Å². The van der Waals surface area contributed by atoms with Crippen molar-refractivity contribution in [2.75, 3.05) is 0 Å². The van der Waals surface area contributed by atoms with Crippen molar-refractivity contribution in [2.24, 2.45) is 0 Å². The van der Waals surface area contributed by atoms with Crippen molar-refractivity contribution < 1.29 is 0 Å². The van der Waals surface area contributed by atoms with Crippen LogP contribution in [0.4, 0.5) is 0 Å². The number of pyridine rings is 2. The van der Waals surface area contributed by atoms with Crippen LogP contribution in [0, 0.1) is 0 Å². The molecule has 0 bridgehead atoms. The van der Waals surface area contributed by atoms with Gasteiger partial charge >= 0.3 is 0 Å². The molecule has 2 heterocycles. The zero-order chi connectivity index (χ0) is 11.7. The minimum atomic E-state index is 0.975. The lowest BCUT2D eigenvalue weighted by molar-refractivity contribution is 1.31. The Balaban J connectivity index is 2.30. The number of nitrogens with zero attached hydrogens (tertiary/aromatic N) is 2. The summed E-state index contributed by atoms with van der Waals surface area (Å²) in [5, 5.41) is 1.14. The molecule has 0 radical (unpaired) electrons. The second kappa shape index (κ2) is 4.26. The summed E-state index contributed by atoms with van der Waals surface area (Å²) in [4.78, 5) is 8.64. The number of hydrogen-bond donors (Lipinski definition) is 0. The Bertz CT molecular complexity index is 674. The van der Waals surface area contributed by atoms with Gasteiger partial charge in [0.1, 0.15) is 0 Å². The Labute approximate surface area is 107 Å². The highest BCUT2D eigenvalue weighted by Gasteiger charge is 2.04. The monoisotopic (exact) mass is 284 g/mol. The summed E-state index contributed by atoms with van der Waals surface area (Å²) in [5.74, 6) is 0. The molecule has 2 nitrogen and oxygen atoms in total. The van der Waals surface area contributed by atoms with Crippen LogP contribution >= 0.6 is 15.9 Å². The molecule has 1 aromatic carbocycles. The molecule has 0 amide bonds. The van der Waals surface area contributed by atoms with Gasteiger partial charge in [-0.2, -0.15) is 0 Å². The number of hydrogen-bond acceptors (Lipinski definition) is 2. The van der Waals surface area contributed by atoms with Gasteiger partial charge in [0.2, 0.25) is 0 Å². The second-order valence-electron chi connectivity index (χ2n) is 3.77. The normalized spacial score (nSPS) is 10.6. The smallest absolute Gasteiger partial charge is 0.0780 e. The highest BCUT2D eigenvalue weighted by Crippen LogP contribution is 2.27. The first-order valence-electron chi connectivity index (χ1n) is 5.29. The van der Waals surface area contributed by atoms with E-state index in [2.05, 4.69) is 50.2 Å². The summed E-state index contributed by atoms with van der Waals surface area (Å²) >= 11 is 3.44. The molecule has 3 aromatic rings. The number of aromatic nitrogens is 2. The Morgan fingerprint density at radius 3 is 2.76 bits per heavy atom. The molecule has 0 atom stereocenters. The van der Waals surface area contributed by atoms with Gasteiger partial charge in [-0.1, -0.05) is 24.3 Å². The van der Waals surface area contributed by atoms with Crippen molar-refractivity contribution in [3.05, 3.63) is 59.5 Å². The minimum absolute atomic E-state index is 0.975. The molecule has 0 saturated carbocycles. The van der Waals surface area contributed by atoms with Gasteiger partial charge in [-0.05, 0) is 28.1 Å². The molecule has 0 aliphatic heterocycles. The molecule has 0 N–H and O–H groups in total. The Morgan fingerprint density at radius 1 is 1.00 bits per heavy atom. The number of rotatable bonds is 1. The first kappa shape index (κ1) is 10.4. The molecule has 82 valence electrons. The van der Waals surface area contributed by atoms with Crippen LogP contribution in [0.1, 0.15) is 0 Å². The molecule has 0 aliphatic carbocycles. The van der Waals surface area contributed by atoms with Crippen LogP contribution in [0.25, 0.3) is 22.0 Å². The minimum Gasteiger partial charge on any atom is -0.263 e. The maximum absolute atomic E-state index is 4.44. The van der Waals surface area contributed by atoms with Crippen LogP contribution in [0.5, 0.6) is 0 Å². The lowest BCUT2D eigenvalue weighted by atomic mass is 10.0. The molecule has 0 unspecified atom stereocenters. The maximum Gasteiger partial charge on any atom is 0.0780 e. The fourth-order valence-corrected chi connectivity index (χ4v) is 2.26. The molecule has 2 aromatic heterocycles. The third kappa shape index (κ3) is 1.94. The highest BCUT2D eigenvalue weighted by atomic mass is 79.9. The standard InChI is InChI=1S/C14H9BrN2/c15-12-7-11(8-16-9-12)13-5-1-3-10-4-2-6-17-14(10)13/h1-9H. The van der Waals surface area contributed by atoms with Crippen LogP contribution in [-0.2, 0) is 0 Å². The SMILES string of the molecule is Brc1cncc(-c2cccc3cccnc23)c1. The molecule has 0 fully saturated rings. The van der Waals surface area contributed by atoms with Crippen molar-refractivity contribution in [1.82, 2.24) is 9.97 Å².